The number of nitrogens with one attached hydrogen (secondary N) is 1. The van der Waals surface area contributed by atoms with E-state index in [4.69, 9.17) is 4.98 Å². The molecule has 1 aliphatic rings. The minimum Gasteiger partial charge on any atom is -0.348 e. The molecule has 0 bridgehead atoms. The highest BCUT2D eigenvalue weighted by Gasteiger charge is 2.18. The summed E-state index contributed by atoms with van der Waals surface area (Å²) >= 11 is 1.90. The van der Waals surface area contributed by atoms with Crippen LogP contribution in [0.2, 0.25) is 0 Å². The standard InChI is InChI=1S/C15H27N3S/c1-4-16-11-13-14(12(2)3)17-15(19-13)18-9-7-5-6-8-10-18/h12,16H,4-11H2,1-3H3. The molecular formula is C15H27N3S. The minimum atomic E-state index is 0.519. The van der Waals surface area contributed by atoms with Crippen molar-refractivity contribution in [2.24, 2.45) is 0 Å². The van der Waals surface area contributed by atoms with Crippen molar-refractivity contribution in [2.45, 2.75) is 58.9 Å². The van der Waals surface area contributed by atoms with Gasteiger partial charge in [0.2, 0.25) is 0 Å². The summed E-state index contributed by atoms with van der Waals surface area (Å²) in [5.74, 6) is 0.519. The monoisotopic (exact) mass is 281 g/mol. The Kier molecular flexibility index (Phi) is 5.64. The lowest BCUT2D eigenvalue weighted by atomic mass is 10.1. The molecule has 1 N–H and O–H groups in total. The molecule has 108 valence electrons. The minimum absolute atomic E-state index is 0.519. The maximum absolute atomic E-state index is 4.93. The summed E-state index contributed by atoms with van der Waals surface area (Å²) < 4.78 is 0. The Morgan fingerprint density at radius 3 is 2.47 bits per heavy atom. The highest BCUT2D eigenvalue weighted by atomic mass is 32.1. The first kappa shape index (κ1) is 14.8. The first-order chi connectivity index (χ1) is 9.22. The zero-order chi connectivity index (χ0) is 13.7. The molecule has 19 heavy (non-hydrogen) atoms. The Balaban J connectivity index is 2.15. The predicted octanol–water partition coefficient (Wildman–Crippen LogP) is 3.76. The van der Waals surface area contributed by atoms with E-state index in [-0.39, 0.29) is 0 Å². The van der Waals surface area contributed by atoms with Crippen LogP contribution in [0.15, 0.2) is 0 Å². The van der Waals surface area contributed by atoms with Crippen LogP contribution in [0, 0.1) is 0 Å². The van der Waals surface area contributed by atoms with Gasteiger partial charge in [0.15, 0.2) is 5.13 Å². The highest BCUT2D eigenvalue weighted by molar-refractivity contribution is 7.15. The summed E-state index contributed by atoms with van der Waals surface area (Å²) in [4.78, 5) is 8.86. The molecule has 4 heteroatoms. The fourth-order valence-corrected chi connectivity index (χ4v) is 3.80. The van der Waals surface area contributed by atoms with Crippen LogP contribution < -0.4 is 10.2 Å². The maximum atomic E-state index is 4.93. The van der Waals surface area contributed by atoms with Crippen molar-refractivity contribution in [1.82, 2.24) is 10.3 Å². The molecule has 0 amide bonds. The Bertz CT molecular complexity index is 379. The SMILES string of the molecule is CCNCc1sc(N2CCCCCC2)nc1C(C)C. The van der Waals surface area contributed by atoms with Crippen molar-refractivity contribution in [2.75, 3.05) is 24.5 Å². The van der Waals surface area contributed by atoms with Gasteiger partial charge in [-0.05, 0) is 25.3 Å². The first-order valence-electron chi connectivity index (χ1n) is 7.67. The molecule has 0 aliphatic carbocycles. The van der Waals surface area contributed by atoms with Gasteiger partial charge in [0, 0.05) is 24.5 Å². The first-order valence-corrected chi connectivity index (χ1v) is 8.49. The van der Waals surface area contributed by atoms with Crippen LogP contribution in [0.1, 0.15) is 62.9 Å². The van der Waals surface area contributed by atoms with Crippen molar-refractivity contribution in [3.05, 3.63) is 10.6 Å². The van der Waals surface area contributed by atoms with E-state index in [1.807, 2.05) is 11.3 Å². The number of rotatable bonds is 5. The van der Waals surface area contributed by atoms with Crippen molar-refractivity contribution in [3.8, 4) is 0 Å². The number of aromatic nitrogens is 1. The van der Waals surface area contributed by atoms with E-state index in [2.05, 4.69) is 31.0 Å². The van der Waals surface area contributed by atoms with E-state index in [0.717, 1.165) is 13.1 Å². The van der Waals surface area contributed by atoms with Gasteiger partial charge in [-0.1, -0.05) is 33.6 Å². The molecule has 1 saturated heterocycles. The van der Waals surface area contributed by atoms with Crippen LogP contribution in [0.4, 0.5) is 5.13 Å². The lowest BCUT2D eigenvalue weighted by molar-refractivity contribution is 0.712. The molecule has 0 atom stereocenters. The second-order valence-electron chi connectivity index (χ2n) is 5.64. The average Bonchev–Trinajstić information content (AvgIpc) is 2.63. The molecule has 0 aromatic carbocycles. The summed E-state index contributed by atoms with van der Waals surface area (Å²) in [5.41, 5.74) is 1.30. The van der Waals surface area contributed by atoms with Gasteiger partial charge in [0.1, 0.15) is 0 Å². The van der Waals surface area contributed by atoms with Gasteiger partial charge in [-0.2, -0.15) is 0 Å². The van der Waals surface area contributed by atoms with E-state index in [1.165, 1.54) is 54.5 Å². The lowest BCUT2D eigenvalue weighted by Gasteiger charge is -2.18. The van der Waals surface area contributed by atoms with Crippen LogP contribution in [0.5, 0.6) is 0 Å². The third kappa shape index (κ3) is 3.93. The predicted molar refractivity (Wildman–Crippen MR) is 84.3 cm³/mol. The van der Waals surface area contributed by atoms with Crippen LogP contribution in [-0.4, -0.2) is 24.6 Å². The van der Waals surface area contributed by atoms with Crippen LogP contribution in [-0.2, 0) is 6.54 Å². The Morgan fingerprint density at radius 1 is 1.21 bits per heavy atom. The Morgan fingerprint density at radius 2 is 1.89 bits per heavy atom. The number of nitrogens with zero attached hydrogens (tertiary/aromatic N) is 2. The van der Waals surface area contributed by atoms with Crippen LogP contribution in [0.25, 0.3) is 0 Å². The molecule has 2 rings (SSSR count). The van der Waals surface area contributed by atoms with E-state index in [9.17, 15) is 0 Å². The fraction of sp³-hybridized carbons (Fsp3) is 0.800. The molecule has 0 saturated carbocycles. The van der Waals surface area contributed by atoms with Gasteiger partial charge in [-0.25, -0.2) is 4.98 Å². The van der Waals surface area contributed by atoms with Crippen molar-refractivity contribution < 1.29 is 0 Å². The summed E-state index contributed by atoms with van der Waals surface area (Å²) in [6, 6.07) is 0. The normalized spacial score (nSPS) is 16.9. The molecule has 1 aromatic heterocycles. The zero-order valence-electron chi connectivity index (χ0n) is 12.5. The summed E-state index contributed by atoms with van der Waals surface area (Å²) in [7, 11) is 0. The molecule has 0 unspecified atom stereocenters. The molecule has 1 aliphatic heterocycles. The number of hydrogen-bond donors (Lipinski definition) is 1. The number of hydrogen-bond acceptors (Lipinski definition) is 4. The van der Waals surface area contributed by atoms with Crippen LogP contribution in [0.3, 0.4) is 0 Å². The molecular weight excluding hydrogens is 254 g/mol. The molecule has 0 spiro atoms. The Hall–Kier alpha value is -0.610. The maximum Gasteiger partial charge on any atom is 0.185 e. The van der Waals surface area contributed by atoms with Gasteiger partial charge in [-0.15, -0.1) is 11.3 Å². The highest BCUT2D eigenvalue weighted by Crippen LogP contribution is 2.31. The summed E-state index contributed by atoms with van der Waals surface area (Å²) in [5, 5.41) is 4.69. The average molecular weight is 281 g/mol. The largest absolute Gasteiger partial charge is 0.348 e. The van der Waals surface area contributed by atoms with Gasteiger partial charge in [-0.3, -0.25) is 0 Å². The van der Waals surface area contributed by atoms with Crippen molar-refractivity contribution in [1.29, 1.82) is 0 Å². The van der Waals surface area contributed by atoms with E-state index in [0.29, 0.717) is 5.92 Å². The van der Waals surface area contributed by atoms with E-state index in [1.54, 1.807) is 0 Å². The van der Waals surface area contributed by atoms with E-state index < -0.39 is 0 Å². The molecule has 1 aromatic rings. The van der Waals surface area contributed by atoms with Crippen molar-refractivity contribution in [3.63, 3.8) is 0 Å². The number of anilines is 1. The molecule has 1 fully saturated rings. The lowest BCUT2D eigenvalue weighted by Crippen LogP contribution is -2.23. The van der Waals surface area contributed by atoms with E-state index >= 15 is 0 Å². The molecule has 0 radical (unpaired) electrons. The summed E-state index contributed by atoms with van der Waals surface area (Å²) in [6.07, 6.45) is 5.39. The van der Waals surface area contributed by atoms with Gasteiger partial charge < -0.3 is 10.2 Å². The van der Waals surface area contributed by atoms with Gasteiger partial charge >= 0.3 is 0 Å². The third-order valence-electron chi connectivity index (χ3n) is 3.68. The van der Waals surface area contributed by atoms with Crippen molar-refractivity contribution >= 4 is 16.5 Å². The van der Waals surface area contributed by atoms with Gasteiger partial charge in [0.05, 0.1) is 5.69 Å². The summed E-state index contributed by atoms with van der Waals surface area (Å²) in [6.45, 7) is 11.0. The number of thiazole rings is 1. The second kappa shape index (κ2) is 7.25. The Labute approximate surface area is 121 Å². The molecule has 3 nitrogen and oxygen atoms in total. The zero-order valence-corrected chi connectivity index (χ0v) is 13.4. The topological polar surface area (TPSA) is 28.2 Å². The third-order valence-corrected chi connectivity index (χ3v) is 4.81. The molecule has 2 heterocycles. The smallest absolute Gasteiger partial charge is 0.185 e. The van der Waals surface area contributed by atoms with Crippen LogP contribution >= 0.6 is 11.3 Å². The fourth-order valence-electron chi connectivity index (χ4n) is 2.56. The quantitative estimate of drug-likeness (QED) is 0.891. The van der Waals surface area contributed by atoms with Gasteiger partial charge in [0.25, 0.3) is 0 Å². The second-order valence-corrected chi connectivity index (χ2v) is 6.70.